The zero-order chi connectivity index (χ0) is 18.8. The van der Waals surface area contributed by atoms with Gasteiger partial charge in [-0.2, -0.15) is 0 Å². The first-order chi connectivity index (χ1) is 12.5. The van der Waals surface area contributed by atoms with Crippen molar-refractivity contribution in [2.45, 2.75) is 19.9 Å². The predicted octanol–water partition coefficient (Wildman–Crippen LogP) is 3.32. The van der Waals surface area contributed by atoms with Crippen LogP contribution in [0.3, 0.4) is 0 Å². The van der Waals surface area contributed by atoms with E-state index in [9.17, 15) is 9.59 Å². The van der Waals surface area contributed by atoms with E-state index in [1.54, 1.807) is 25.1 Å². The van der Waals surface area contributed by atoms with Gasteiger partial charge in [0.15, 0.2) is 0 Å². The third-order valence-corrected chi connectivity index (χ3v) is 4.46. The molecule has 0 bridgehead atoms. The van der Waals surface area contributed by atoms with Crippen molar-refractivity contribution in [2.24, 2.45) is 0 Å². The van der Waals surface area contributed by atoms with Crippen LogP contribution in [0.1, 0.15) is 19.4 Å². The topological polar surface area (TPSA) is 49.9 Å². The summed E-state index contributed by atoms with van der Waals surface area (Å²) in [5.74, 6) is -0.0299. The largest absolute Gasteiger partial charge is 0.496 e. The number of carbonyl (C=O) groups is 2. The van der Waals surface area contributed by atoms with Gasteiger partial charge in [-0.3, -0.25) is 14.5 Å². The average molecular weight is 350 g/mol. The summed E-state index contributed by atoms with van der Waals surface area (Å²) in [7, 11) is 3.36. The number of hydrogen-bond acceptors (Lipinski definition) is 4. The van der Waals surface area contributed by atoms with Crippen LogP contribution in [0.25, 0.3) is 5.57 Å². The number of benzene rings is 2. The van der Waals surface area contributed by atoms with E-state index in [4.69, 9.17) is 4.74 Å². The van der Waals surface area contributed by atoms with E-state index in [1.165, 1.54) is 4.90 Å². The Morgan fingerprint density at radius 2 is 1.54 bits per heavy atom. The maximum atomic E-state index is 13.1. The molecule has 1 aliphatic rings. The fraction of sp³-hybridized carbons (Fsp3) is 0.238. The lowest BCUT2D eigenvalue weighted by Gasteiger charge is -2.23. The van der Waals surface area contributed by atoms with Crippen molar-refractivity contribution < 1.29 is 14.3 Å². The molecule has 5 nitrogen and oxygen atoms in total. The van der Waals surface area contributed by atoms with Gasteiger partial charge in [-0.25, -0.2) is 0 Å². The number of anilines is 1. The lowest BCUT2D eigenvalue weighted by molar-refractivity contribution is -0.138. The number of ether oxygens (including phenoxy) is 1. The Hall–Kier alpha value is -3.08. The molecule has 2 aromatic rings. The van der Waals surface area contributed by atoms with E-state index in [0.29, 0.717) is 22.6 Å². The summed E-state index contributed by atoms with van der Waals surface area (Å²) in [5.41, 5.74) is 2.18. The highest BCUT2D eigenvalue weighted by Gasteiger charge is 2.43. The number of para-hydroxylation sites is 2. The van der Waals surface area contributed by atoms with Crippen LogP contribution in [0.5, 0.6) is 5.75 Å². The van der Waals surface area contributed by atoms with Crippen LogP contribution in [0.4, 0.5) is 5.69 Å². The third-order valence-electron chi connectivity index (χ3n) is 4.46. The van der Waals surface area contributed by atoms with Crippen molar-refractivity contribution in [2.75, 3.05) is 19.1 Å². The molecule has 0 unspecified atom stereocenters. The second-order valence-corrected chi connectivity index (χ2v) is 6.39. The fourth-order valence-corrected chi connectivity index (χ4v) is 3.19. The van der Waals surface area contributed by atoms with Gasteiger partial charge in [0, 0.05) is 24.3 Å². The van der Waals surface area contributed by atoms with Gasteiger partial charge in [-0.05, 0) is 32.0 Å². The van der Waals surface area contributed by atoms with Gasteiger partial charge in [-0.1, -0.05) is 36.4 Å². The number of nitrogens with zero attached hydrogens (tertiary/aromatic N) is 2. The second kappa shape index (κ2) is 7.04. The lowest BCUT2D eigenvalue weighted by Crippen LogP contribution is -2.39. The normalized spacial score (nSPS) is 14.4. The number of imide groups is 1. The van der Waals surface area contributed by atoms with Crippen LogP contribution in [0.2, 0.25) is 0 Å². The lowest BCUT2D eigenvalue weighted by atomic mass is 10.0. The fourth-order valence-electron chi connectivity index (χ4n) is 3.19. The minimum absolute atomic E-state index is 0.235. The van der Waals surface area contributed by atoms with E-state index < -0.39 is 0 Å². The summed E-state index contributed by atoms with van der Waals surface area (Å²) < 4.78 is 5.44. The molecule has 2 amide bonds. The highest BCUT2D eigenvalue weighted by atomic mass is 16.5. The van der Waals surface area contributed by atoms with Gasteiger partial charge in [-0.15, -0.1) is 0 Å². The molecule has 0 saturated carbocycles. The molecule has 2 aromatic carbocycles. The Labute approximate surface area is 153 Å². The van der Waals surface area contributed by atoms with Crippen LogP contribution in [0.15, 0.2) is 60.3 Å². The molecule has 0 atom stereocenters. The molecule has 1 aliphatic heterocycles. The zero-order valence-electron chi connectivity index (χ0n) is 15.4. The molecule has 0 spiro atoms. The van der Waals surface area contributed by atoms with Crippen LogP contribution in [-0.4, -0.2) is 36.9 Å². The molecule has 134 valence electrons. The van der Waals surface area contributed by atoms with Crippen LogP contribution >= 0.6 is 0 Å². The van der Waals surface area contributed by atoms with E-state index in [1.807, 2.05) is 62.4 Å². The maximum Gasteiger partial charge on any atom is 0.278 e. The molecule has 0 N–H and O–H groups in total. The Morgan fingerprint density at radius 1 is 0.923 bits per heavy atom. The van der Waals surface area contributed by atoms with Gasteiger partial charge in [0.2, 0.25) is 0 Å². The summed E-state index contributed by atoms with van der Waals surface area (Å²) >= 11 is 0. The molecule has 0 aromatic heterocycles. The Bertz CT molecular complexity index is 872. The van der Waals surface area contributed by atoms with Crippen molar-refractivity contribution in [3.8, 4) is 5.75 Å². The van der Waals surface area contributed by atoms with E-state index in [-0.39, 0.29) is 17.9 Å². The van der Waals surface area contributed by atoms with Crippen molar-refractivity contribution >= 4 is 23.1 Å². The number of amides is 2. The predicted molar refractivity (Wildman–Crippen MR) is 102 cm³/mol. The van der Waals surface area contributed by atoms with Crippen molar-refractivity contribution in [1.29, 1.82) is 0 Å². The first kappa shape index (κ1) is 17.7. The summed E-state index contributed by atoms with van der Waals surface area (Å²) in [6, 6.07) is 16.6. The first-order valence-electron chi connectivity index (χ1n) is 8.51. The van der Waals surface area contributed by atoms with E-state index in [0.717, 1.165) is 5.69 Å². The molecule has 1 heterocycles. The number of carbonyl (C=O) groups excluding carboxylic acids is 2. The molecule has 0 fully saturated rings. The molecular formula is C21H22N2O3. The quantitative estimate of drug-likeness (QED) is 0.776. The highest BCUT2D eigenvalue weighted by molar-refractivity contribution is 6.37. The first-order valence-corrected chi connectivity index (χ1v) is 8.51. The summed E-state index contributed by atoms with van der Waals surface area (Å²) in [6.45, 7) is 3.67. The second-order valence-electron chi connectivity index (χ2n) is 6.39. The Morgan fingerprint density at radius 3 is 2.15 bits per heavy atom. The number of rotatable bonds is 5. The molecular weight excluding hydrogens is 328 g/mol. The van der Waals surface area contributed by atoms with Gasteiger partial charge in [0.05, 0.1) is 12.7 Å². The van der Waals surface area contributed by atoms with E-state index >= 15 is 0 Å². The minimum Gasteiger partial charge on any atom is -0.496 e. The molecule has 0 aliphatic carbocycles. The smallest absolute Gasteiger partial charge is 0.278 e. The van der Waals surface area contributed by atoms with Gasteiger partial charge >= 0.3 is 0 Å². The SMILES string of the molecule is COc1ccccc1C1=C(N(C)c2ccccc2)C(=O)N(C(C)C)C1=O. The van der Waals surface area contributed by atoms with Gasteiger partial charge in [0.25, 0.3) is 11.8 Å². The van der Waals surface area contributed by atoms with Crippen molar-refractivity contribution in [3.63, 3.8) is 0 Å². The summed E-state index contributed by atoms with van der Waals surface area (Å²) in [4.78, 5) is 29.3. The van der Waals surface area contributed by atoms with Crippen LogP contribution in [0, 0.1) is 0 Å². The molecule has 26 heavy (non-hydrogen) atoms. The van der Waals surface area contributed by atoms with E-state index in [2.05, 4.69) is 0 Å². The molecule has 0 saturated heterocycles. The Balaban J connectivity index is 2.23. The standard InChI is InChI=1S/C21H22N2O3/c1-14(2)23-20(24)18(16-12-8-9-13-17(16)26-4)19(21(23)25)22(3)15-10-6-5-7-11-15/h5-14H,1-4H3. The number of methoxy groups -OCH3 is 1. The monoisotopic (exact) mass is 350 g/mol. The summed E-state index contributed by atoms with van der Waals surface area (Å²) in [6.07, 6.45) is 0. The van der Waals surface area contributed by atoms with Gasteiger partial charge in [0.1, 0.15) is 11.4 Å². The molecule has 5 heteroatoms. The third kappa shape index (κ3) is 2.86. The zero-order valence-corrected chi connectivity index (χ0v) is 15.4. The van der Waals surface area contributed by atoms with Crippen LogP contribution in [-0.2, 0) is 9.59 Å². The highest BCUT2D eigenvalue weighted by Crippen LogP contribution is 2.37. The molecule has 0 radical (unpaired) electrons. The van der Waals surface area contributed by atoms with Gasteiger partial charge < -0.3 is 9.64 Å². The van der Waals surface area contributed by atoms with Crippen LogP contribution < -0.4 is 9.64 Å². The Kier molecular flexibility index (Phi) is 4.80. The minimum atomic E-state index is -0.299. The van der Waals surface area contributed by atoms with Crippen molar-refractivity contribution in [1.82, 2.24) is 4.90 Å². The molecule has 3 rings (SSSR count). The average Bonchev–Trinajstić information content (AvgIpc) is 2.92. The summed E-state index contributed by atoms with van der Waals surface area (Å²) in [5, 5.41) is 0. The maximum absolute atomic E-state index is 13.1. The van der Waals surface area contributed by atoms with Crippen molar-refractivity contribution in [3.05, 3.63) is 65.9 Å². The number of likely N-dealkylation sites (N-methyl/N-ethyl adjacent to an activating group) is 1. The number of hydrogen-bond donors (Lipinski definition) is 0.